The van der Waals surface area contributed by atoms with Gasteiger partial charge in [-0.15, -0.1) is 0 Å². The molecule has 0 saturated heterocycles. The van der Waals surface area contributed by atoms with Gasteiger partial charge in [-0.05, 0) is 6.92 Å². The minimum Gasteiger partial charge on any atom is -0.512 e. The molecule has 2 amide bonds. The van der Waals surface area contributed by atoms with Gasteiger partial charge in [-0.25, -0.2) is 0 Å². The molecule has 0 heterocycles. The number of aliphatic hydroxyl groups excluding tert-OH is 1. The number of carbonyl (C=O) groups excluding carboxylic acids is 3. The van der Waals surface area contributed by atoms with E-state index in [1.54, 1.807) is 0 Å². The van der Waals surface area contributed by atoms with E-state index in [9.17, 15) is 19.5 Å². The van der Waals surface area contributed by atoms with Gasteiger partial charge in [0.15, 0.2) is 5.78 Å². The van der Waals surface area contributed by atoms with Crippen LogP contribution in [0.1, 0.15) is 26.7 Å². The van der Waals surface area contributed by atoms with Gasteiger partial charge in [-0.2, -0.15) is 0 Å². The lowest BCUT2D eigenvalue weighted by Crippen LogP contribution is -2.33. The fourth-order valence-corrected chi connectivity index (χ4v) is 1.08. The SMILES string of the molecule is CC(=O)C=C(O)CCC(=O)NCCNC(C)=O. The summed E-state index contributed by atoms with van der Waals surface area (Å²) in [6.45, 7) is 3.43. The van der Waals surface area contributed by atoms with Gasteiger partial charge in [0.1, 0.15) is 0 Å². The molecule has 0 spiro atoms. The van der Waals surface area contributed by atoms with Gasteiger partial charge in [0.2, 0.25) is 11.8 Å². The predicted octanol–water partition coefficient (Wildman–Crippen LogP) is 0.0498. The van der Waals surface area contributed by atoms with Gasteiger partial charge in [0.25, 0.3) is 0 Å². The summed E-state index contributed by atoms with van der Waals surface area (Å²) >= 11 is 0. The smallest absolute Gasteiger partial charge is 0.220 e. The molecule has 0 rings (SSSR count). The Kier molecular flexibility index (Phi) is 7.41. The summed E-state index contributed by atoms with van der Waals surface area (Å²) in [5.74, 6) is -0.747. The van der Waals surface area contributed by atoms with Crippen LogP contribution in [0.3, 0.4) is 0 Å². The number of carbonyl (C=O) groups is 3. The molecule has 0 aromatic heterocycles. The van der Waals surface area contributed by atoms with E-state index in [2.05, 4.69) is 10.6 Å². The maximum absolute atomic E-state index is 11.2. The lowest BCUT2D eigenvalue weighted by atomic mass is 10.2. The number of nitrogens with one attached hydrogen (secondary N) is 2. The van der Waals surface area contributed by atoms with Crippen LogP contribution in [0.15, 0.2) is 11.8 Å². The largest absolute Gasteiger partial charge is 0.512 e. The highest BCUT2D eigenvalue weighted by Crippen LogP contribution is 2.00. The van der Waals surface area contributed by atoms with Gasteiger partial charge in [-0.1, -0.05) is 0 Å². The van der Waals surface area contributed by atoms with Crippen LogP contribution in [0.4, 0.5) is 0 Å². The molecule has 0 bridgehead atoms. The Bertz CT molecular complexity index is 323. The molecule has 0 aliphatic heterocycles. The second-order valence-corrected chi connectivity index (χ2v) is 3.58. The molecule has 0 aromatic carbocycles. The summed E-state index contributed by atoms with van der Waals surface area (Å²) < 4.78 is 0. The predicted molar refractivity (Wildman–Crippen MR) is 62.3 cm³/mol. The number of hydrogen-bond acceptors (Lipinski definition) is 4. The summed E-state index contributed by atoms with van der Waals surface area (Å²) in [6.07, 6.45) is 1.33. The van der Waals surface area contributed by atoms with Gasteiger partial charge in [0, 0.05) is 38.9 Å². The van der Waals surface area contributed by atoms with E-state index in [1.807, 2.05) is 0 Å². The average Bonchev–Trinajstić information content (AvgIpc) is 2.20. The number of allylic oxidation sites excluding steroid dienone is 2. The number of rotatable bonds is 7. The zero-order valence-corrected chi connectivity index (χ0v) is 10.1. The fourth-order valence-electron chi connectivity index (χ4n) is 1.08. The van der Waals surface area contributed by atoms with Crippen molar-refractivity contribution in [3.8, 4) is 0 Å². The second kappa shape index (κ2) is 8.32. The van der Waals surface area contributed by atoms with E-state index in [0.29, 0.717) is 13.1 Å². The highest BCUT2D eigenvalue weighted by atomic mass is 16.3. The average molecular weight is 242 g/mol. The summed E-state index contributed by atoms with van der Waals surface area (Å²) in [6, 6.07) is 0. The molecule has 0 unspecified atom stereocenters. The van der Waals surface area contributed by atoms with Crippen LogP contribution in [0.2, 0.25) is 0 Å². The lowest BCUT2D eigenvalue weighted by Gasteiger charge is -2.05. The summed E-state index contributed by atoms with van der Waals surface area (Å²) in [4.78, 5) is 32.3. The van der Waals surface area contributed by atoms with Crippen molar-refractivity contribution in [2.24, 2.45) is 0 Å². The molecule has 6 nitrogen and oxygen atoms in total. The quantitative estimate of drug-likeness (QED) is 0.334. The maximum atomic E-state index is 11.2. The number of amides is 2. The summed E-state index contributed by atoms with van der Waals surface area (Å²) in [7, 11) is 0. The molecule has 96 valence electrons. The van der Waals surface area contributed by atoms with E-state index in [4.69, 9.17) is 0 Å². The van der Waals surface area contributed by atoms with E-state index >= 15 is 0 Å². The van der Waals surface area contributed by atoms with Gasteiger partial charge in [-0.3, -0.25) is 14.4 Å². The first-order valence-corrected chi connectivity index (χ1v) is 5.33. The van der Waals surface area contributed by atoms with Crippen LogP contribution in [0.5, 0.6) is 0 Å². The van der Waals surface area contributed by atoms with E-state index < -0.39 is 0 Å². The normalized spacial score (nSPS) is 10.8. The van der Waals surface area contributed by atoms with E-state index in [0.717, 1.165) is 6.08 Å². The summed E-state index contributed by atoms with van der Waals surface area (Å²) in [5.41, 5.74) is 0. The molecule has 3 N–H and O–H groups in total. The Morgan fingerprint density at radius 3 is 2.18 bits per heavy atom. The maximum Gasteiger partial charge on any atom is 0.220 e. The molecule has 0 atom stereocenters. The van der Waals surface area contributed by atoms with Gasteiger partial charge in [0.05, 0.1) is 5.76 Å². The minimum absolute atomic E-state index is 0.102. The fraction of sp³-hybridized carbons (Fsp3) is 0.545. The molecule has 0 fully saturated rings. The van der Waals surface area contributed by atoms with Crippen molar-refractivity contribution in [2.75, 3.05) is 13.1 Å². The van der Waals surface area contributed by atoms with Crippen LogP contribution in [0, 0.1) is 0 Å². The Morgan fingerprint density at radius 2 is 1.65 bits per heavy atom. The monoisotopic (exact) mass is 242 g/mol. The number of aliphatic hydroxyl groups is 1. The third-order valence-electron chi connectivity index (χ3n) is 1.80. The summed E-state index contributed by atoms with van der Waals surface area (Å²) in [5, 5.41) is 14.3. The van der Waals surface area contributed by atoms with Crippen molar-refractivity contribution in [3.05, 3.63) is 11.8 Å². The van der Waals surface area contributed by atoms with Crippen LogP contribution < -0.4 is 10.6 Å². The third kappa shape index (κ3) is 10.4. The first-order valence-electron chi connectivity index (χ1n) is 5.33. The first-order chi connectivity index (χ1) is 7.91. The van der Waals surface area contributed by atoms with Crippen LogP contribution in [-0.2, 0) is 14.4 Å². The zero-order chi connectivity index (χ0) is 13.3. The Balaban J connectivity index is 3.66. The zero-order valence-electron chi connectivity index (χ0n) is 10.1. The topological polar surface area (TPSA) is 95.5 Å². The van der Waals surface area contributed by atoms with E-state index in [1.165, 1.54) is 13.8 Å². The molecule has 0 radical (unpaired) electrons. The molecule has 0 aliphatic carbocycles. The van der Waals surface area contributed by atoms with Crippen LogP contribution in [-0.4, -0.2) is 35.8 Å². The minimum atomic E-state index is -0.256. The van der Waals surface area contributed by atoms with Crippen molar-refractivity contribution in [1.82, 2.24) is 10.6 Å². The van der Waals surface area contributed by atoms with Gasteiger partial charge >= 0.3 is 0 Å². The Morgan fingerprint density at radius 1 is 1.06 bits per heavy atom. The standard InChI is InChI=1S/C11H18N2O4/c1-8(14)7-10(16)3-4-11(17)13-6-5-12-9(2)15/h7,16H,3-6H2,1-2H3,(H,12,15)(H,13,17). The molecule has 6 heteroatoms. The van der Waals surface area contributed by atoms with Crippen molar-refractivity contribution in [1.29, 1.82) is 0 Å². The van der Waals surface area contributed by atoms with Gasteiger partial charge < -0.3 is 15.7 Å². The first kappa shape index (κ1) is 15.2. The number of hydrogen-bond donors (Lipinski definition) is 3. The molecular formula is C11H18N2O4. The Hall–Kier alpha value is -1.85. The van der Waals surface area contributed by atoms with Crippen molar-refractivity contribution < 1.29 is 19.5 Å². The molecule has 17 heavy (non-hydrogen) atoms. The van der Waals surface area contributed by atoms with Crippen LogP contribution >= 0.6 is 0 Å². The van der Waals surface area contributed by atoms with Crippen molar-refractivity contribution in [2.45, 2.75) is 26.7 Å². The third-order valence-corrected chi connectivity index (χ3v) is 1.80. The van der Waals surface area contributed by atoms with Crippen molar-refractivity contribution in [3.63, 3.8) is 0 Å². The van der Waals surface area contributed by atoms with E-state index in [-0.39, 0.29) is 36.2 Å². The highest BCUT2D eigenvalue weighted by Gasteiger charge is 2.03. The lowest BCUT2D eigenvalue weighted by molar-refractivity contribution is -0.122. The number of ketones is 1. The van der Waals surface area contributed by atoms with Crippen LogP contribution in [0.25, 0.3) is 0 Å². The molecule has 0 saturated carbocycles. The Labute approximate surface area is 100 Å². The second-order valence-electron chi connectivity index (χ2n) is 3.58. The highest BCUT2D eigenvalue weighted by molar-refractivity contribution is 5.87. The van der Waals surface area contributed by atoms with Crippen molar-refractivity contribution >= 4 is 17.6 Å². The molecular weight excluding hydrogens is 224 g/mol. The molecule has 0 aromatic rings. The molecule has 0 aliphatic rings.